The van der Waals surface area contributed by atoms with Crippen molar-refractivity contribution in [2.24, 2.45) is 5.73 Å². The Morgan fingerprint density at radius 1 is 1.23 bits per heavy atom. The summed E-state index contributed by atoms with van der Waals surface area (Å²) in [5.41, 5.74) is 6.71. The molecule has 4 rings (SSSR count). The van der Waals surface area contributed by atoms with Gasteiger partial charge in [0.15, 0.2) is 11.6 Å². The molecule has 1 aromatic carbocycles. The molecule has 0 aliphatic rings. The van der Waals surface area contributed by atoms with Crippen molar-refractivity contribution in [3.05, 3.63) is 64.6 Å². The largest absolute Gasteiger partial charge is 0.364 e. The highest BCUT2D eigenvalue weighted by atomic mass is 19.1. The predicted octanol–water partition coefficient (Wildman–Crippen LogP) is 1.97. The van der Waals surface area contributed by atoms with Gasteiger partial charge in [0.1, 0.15) is 18.1 Å². The number of nitrogens with two attached hydrogens (primary N) is 1. The van der Waals surface area contributed by atoms with Crippen LogP contribution in [0, 0.1) is 19.7 Å². The van der Waals surface area contributed by atoms with E-state index in [2.05, 4.69) is 25.8 Å². The lowest BCUT2D eigenvalue weighted by Crippen LogP contribution is -2.18. The highest BCUT2D eigenvalue weighted by Gasteiger charge is 2.19. The van der Waals surface area contributed by atoms with Gasteiger partial charge >= 0.3 is 0 Å². The molecule has 0 saturated heterocycles. The topological polar surface area (TPSA) is 142 Å². The van der Waals surface area contributed by atoms with Gasteiger partial charge in [-0.1, -0.05) is 10.4 Å². The smallest absolute Gasteiger partial charge is 0.267 e. The van der Waals surface area contributed by atoms with Crippen LogP contribution in [0.1, 0.15) is 38.0 Å². The second-order valence-corrected chi connectivity index (χ2v) is 6.65. The van der Waals surface area contributed by atoms with Gasteiger partial charge in [-0.3, -0.25) is 9.59 Å². The Labute approximate surface area is 168 Å². The molecule has 152 valence electrons. The summed E-state index contributed by atoms with van der Waals surface area (Å²) in [5, 5.41) is 14.8. The minimum Gasteiger partial charge on any atom is -0.364 e. The van der Waals surface area contributed by atoms with Gasteiger partial charge in [-0.15, -0.1) is 5.10 Å². The van der Waals surface area contributed by atoms with Gasteiger partial charge in [0.2, 0.25) is 0 Å². The van der Waals surface area contributed by atoms with Gasteiger partial charge in [0.25, 0.3) is 11.8 Å². The zero-order valence-electron chi connectivity index (χ0n) is 16.0. The summed E-state index contributed by atoms with van der Waals surface area (Å²) in [4.78, 5) is 28.5. The molecule has 4 aromatic rings. The quantitative estimate of drug-likeness (QED) is 0.513. The van der Waals surface area contributed by atoms with E-state index in [1.54, 1.807) is 24.6 Å². The van der Waals surface area contributed by atoms with E-state index in [0.717, 1.165) is 11.8 Å². The lowest BCUT2D eigenvalue weighted by molar-refractivity contribution is 0.0996. The van der Waals surface area contributed by atoms with Crippen molar-refractivity contribution >= 4 is 28.5 Å². The van der Waals surface area contributed by atoms with Crippen LogP contribution >= 0.6 is 0 Å². The van der Waals surface area contributed by atoms with Crippen molar-refractivity contribution < 1.29 is 18.5 Å². The number of hydrogen-bond donors (Lipinski definition) is 2. The number of aromatic nitrogens is 5. The molecule has 0 atom stereocenters. The summed E-state index contributed by atoms with van der Waals surface area (Å²) >= 11 is 0. The van der Waals surface area contributed by atoms with E-state index in [1.807, 2.05) is 0 Å². The molecule has 11 heteroatoms. The number of amides is 2. The maximum Gasteiger partial charge on any atom is 0.267 e. The Morgan fingerprint density at radius 2 is 2.03 bits per heavy atom. The number of fused-ring (bicyclic) bond motifs is 1. The Morgan fingerprint density at radius 3 is 2.73 bits per heavy atom. The number of carbonyl (C=O) groups excluding carboxylic acids is 2. The van der Waals surface area contributed by atoms with E-state index in [0.29, 0.717) is 23.4 Å². The average Bonchev–Trinajstić information content (AvgIpc) is 3.27. The standard InChI is InChI=1S/C19H16FN7O3/c1-9-5-12(30-25-9)8-27-10(2)18(24-26-27)23-19(29)14-7-16(17(21)28)22-15-6-11(20)3-4-13(14)15/h3-7H,8H2,1-2H3,(H2,21,28)(H,23,29). The summed E-state index contributed by atoms with van der Waals surface area (Å²) in [7, 11) is 0. The summed E-state index contributed by atoms with van der Waals surface area (Å²) in [6.45, 7) is 3.82. The van der Waals surface area contributed by atoms with E-state index < -0.39 is 17.6 Å². The SMILES string of the molecule is Cc1cc(Cn2nnc(NC(=O)c3cc(C(N)=O)nc4cc(F)ccc34)c2C)on1. The zero-order chi connectivity index (χ0) is 21.4. The molecule has 0 radical (unpaired) electrons. The van der Waals surface area contributed by atoms with Crippen molar-refractivity contribution in [2.75, 3.05) is 5.32 Å². The molecule has 10 nitrogen and oxygen atoms in total. The van der Waals surface area contributed by atoms with Crippen LogP contribution in [0.4, 0.5) is 10.2 Å². The number of aryl methyl sites for hydroxylation is 1. The van der Waals surface area contributed by atoms with Crippen LogP contribution < -0.4 is 11.1 Å². The average molecular weight is 409 g/mol. The van der Waals surface area contributed by atoms with Gasteiger partial charge in [0, 0.05) is 17.5 Å². The number of benzene rings is 1. The first-order chi connectivity index (χ1) is 14.3. The fourth-order valence-corrected chi connectivity index (χ4v) is 2.96. The van der Waals surface area contributed by atoms with Crippen molar-refractivity contribution in [2.45, 2.75) is 20.4 Å². The number of pyridine rings is 1. The predicted molar refractivity (Wildman–Crippen MR) is 103 cm³/mol. The molecule has 3 heterocycles. The maximum atomic E-state index is 13.6. The first-order valence-electron chi connectivity index (χ1n) is 8.85. The molecule has 0 fully saturated rings. The first-order valence-corrected chi connectivity index (χ1v) is 8.85. The highest BCUT2D eigenvalue weighted by Crippen LogP contribution is 2.22. The second kappa shape index (κ2) is 7.35. The minimum atomic E-state index is -0.834. The molecule has 0 spiro atoms. The van der Waals surface area contributed by atoms with Gasteiger partial charge < -0.3 is 15.6 Å². The molecule has 0 saturated carbocycles. The molecule has 0 unspecified atom stereocenters. The second-order valence-electron chi connectivity index (χ2n) is 6.65. The molecule has 30 heavy (non-hydrogen) atoms. The Balaban J connectivity index is 1.66. The van der Waals surface area contributed by atoms with Crippen molar-refractivity contribution in [3.63, 3.8) is 0 Å². The number of halogens is 1. The van der Waals surface area contributed by atoms with Gasteiger partial charge in [-0.2, -0.15) is 0 Å². The van der Waals surface area contributed by atoms with Crippen molar-refractivity contribution in [3.8, 4) is 0 Å². The summed E-state index contributed by atoms with van der Waals surface area (Å²) in [6.07, 6.45) is 0. The molecular weight excluding hydrogens is 393 g/mol. The van der Waals surface area contributed by atoms with Gasteiger partial charge in [-0.25, -0.2) is 14.1 Å². The lowest BCUT2D eigenvalue weighted by atomic mass is 10.1. The monoisotopic (exact) mass is 409 g/mol. The third-order valence-corrected chi connectivity index (χ3v) is 4.47. The normalized spacial score (nSPS) is 11.0. The maximum absolute atomic E-state index is 13.6. The van der Waals surface area contributed by atoms with E-state index in [9.17, 15) is 14.0 Å². The Bertz CT molecular complexity index is 1290. The Kier molecular flexibility index (Phi) is 4.70. The van der Waals surface area contributed by atoms with Crippen molar-refractivity contribution in [1.82, 2.24) is 25.1 Å². The van der Waals surface area contributed by atoms with Crippen LogP contribution in [-0.2, 0) is 6.54 Å². The van der Waals surface area contributed by atoms with E-state index in [-0.39, 0.29) is 22.6 Å². The number of primary amides is 1. The fraction of sp³-hybridized carbons (Fsp3) is 0.158. The number of rotatable bonds is 5. The number of nitrogens with zero attached hydrogens (tertiary/aromatic N) is 5. The highest BCUT2D eigenvalue weighted by molar-refractivity contribution is 6.13. The van der Waals surface area contributed by atoms with E-state index in [4.69, 9.17) is 10.3 Å². The van der Waals surface area contributed by atoms with Crippen molar-refractivity contribution in [1.29, 1.82) is 0 Å². The molecule has 2 amide bonds. The first kappa shape index (κ1) is 19.2. The summed E-state index contributed by atoms with van der Waals surface area (Å²) in [6, 6.07) is 6.76. The molecule has 0 bridgehead atoms. The van der Waals surface area contributed by atoms with Crippen LogP contribution in [-0.4, -0.2) is 36.9 Å². The third kappa shape index (κ3) is 3.60. The zero-order valence-corrected chi connectivity index (χ0v) is 16.0. The molecule has 3 N–H and O–H groups in total. The number of nitrogens with one attached hydrogen (secondary N) is 1. The number of hydrogen-bond acceptors (Lipinski definition) is 7. The third-order valence-electron chi connectivity index (χ3n) is 4.47. The molecule has 3 aromatic heterocycles. The lowest BCUT2D eigenvalue weighted by Gasteiger charge is -2.09. The number of anilines is 1. The summed E-state index contributed by atoms with van der Waals surface area (Å²) < 4.78 is 20.3. The summed E-state index contributed by atoms with van der Waals surface area (Å²) in [5.74, 6) is -1.14. The van der Waals surface area contributed by atoms with E-state index >= 15 is 0 Å². The number of carbonyl (C=O) groups is 2. The molecule has 0 aliphatic carbocycles. The molecule has 0 aliphatic heterocycles. The Hall–Kier alpha value is -4.15. The van der Waals surface area contributed by atoms with Gasteiger partial charge in [-0.05, 0) is 32.0 Å². The van der Waals surface area contributed by atoms with Crippen LogP contribution in [0.3, 0.4) is 0 Å². The minimum absolute atomic E-state index is 0.105. The van der Waals surface area contributed by atoms with Crippen LogP contribution in [0.25, 0.3) is 10.9 Å². The van der Waals surface area contributed by atoms with Crippen LogP contribution in [0.5, 0.6) is 0 Å². The van der Waals surface area contributed by atoms with Crippen LogP contribution in [0.2, 0.25) is 0 Å². The molecular formula is C19H16FN7O3. The van der Waals surface area contributed by atoms with Crippen LogP contribution in [0.15, 0.2) is 34.9 Å². The fourth-order valence-electron chi connectivity index (χ4n) is 2.96. The van der Waals surface area contributed by atoms with Gasteiger partial charge in [0.05, 0.1) is 22.5 Å². The van der Waals surface area contributed by atoms with E-state index in [1.165, 1.54) is 18.2 Å².